The molecule has 2 unspecified atom stereocenters. The molecule has 0 N–H and O–H groups in total. The maximum Gasteiger partial charge on any atom is 0.00311 e. The van der Waals surface area contributed by atoms with E-state index >= 15 is 0 Å². The van der Waals surface area contributed by atoms with Crippen LogP contribution in [0.3, 0.4) is 0 Å². The molecule has 0 fully saturated rings. The molecule has 0 bridgehead atoms. The lowest BCUT2D eigenvalue weighted by molar-refractivity contribution is 0.168. The van der Waals surface area contributed by atoms with Crippen molar-refractivity contribution in [1.29, 1.82) is 0 Å². The summed E-state index contributed by atoms with van der Waals surface area (Å²) in [5, 5.41) is 0. The Hall–Kier alpha value is -2.86. The molecule has 0 radical (unpaired) electrons. The molecule has 0 aliphatic heterocycles. The van der Waals surface area contributed by atoms with Crippen LogP contribution in [-0.2, 0) is 0 Å². The van der Waals surface area contributed by atoms with E-state index in [1.54, 1.807) is 5.57 Å². The average Bonchev–Trinajstić information content (AvgIpc) is 2.88. The predicted molar refractivity (Wildman–Crippen MR) is 186 cm³/mol. The van der Waals surface area contributed by atoms with Crippen LogP contribution in [0.1, 0.15) is 102 Å². The smallest absolute Gasteiger partial charge is 0.00311 e. The van der Waals surface area contributed by atoms with Gasteiger partial charge in [-0.3, -0.25) is 0 Å². The average molecular weight is 551 g/mol. The van der Waals surface area contributed by atoms with Crippen LogP contribution in [0.5, 0.6) is 0 Å². The Labute approximate surface area is 254 Å². The molecule has 0 aromatic heterocycles. The minimum atomic E-state index is 0.290. The summed E-state index contributed by atoms with van der Waals surface area (Å²) >= 11 is 0. The Morgan fingerprint density at radius 1 is 0.732 bits per heavy atom. The maximum absolute atomic E-state index is 2.42. The Kier molecular flexibility index (Phi) is 13.4. The molecule has 0 heterocycles. The summed E-state index contributed by atoms with van der Waals surface area (Å²) in [5.74, 6) is 1.21. The summed E-state index contributed by atoms with van der Waals surface area (Å²) in [6, 6.07) is 0. The number of hydrogen-bond donors (Lipinski definition) is 0. The largest absolute Gasteiger partial charge is 0.0847 e. The first-order chi connectivity index (χ1) is 19.2. The van der Waals surface area contributed by atoms with Crippen LogP contribution in [0.4, 0.5) is 0 Å². The van der Waals surface area contributed by atoms with Gasteiger partial charge in [-0.1, -0.05) is 159 Å². The van der Waals surface area contributed by atoms with Crippen molar-refractivity contribution in [3.63, 3.8) is 0 Å². The van der Waals surface area contributed by atoms with Gasteiger partial charge >= 0.3 is 0 Å². The predicted octanol–water partition coefficient (Wildman–Crippen LogP) is 12.7. The van der Waals surface area contributed by atoms with Gasteiger partial charge in [0, 0.05) is 5.92 Å². The van der Waals surface area contributed by atoms with Crippen molar-refractivity contribution in [2.45, 2.75) is 102 Å². The van der Waals surface area contributed by atoms with Crippen molar-refractivity contribution in [3.8, 4) is 0 Å². The molecule has 222 valence electrons. The van der Waals surface area contributed by atoms with E-state index in [0.29, 0.717) is 17.3 Å². The topological polar surface area (TPSA) is 0 Å². The summed E-state index contributed by atoms with van der Waals surface area (Å²) in [4.78, 5) is 0. The van der Waals surface area contributed by atoms with E-state index in [1.807, 2.05) is 0 Å². The molecule has 41 heavy (non-hydrogen) atoms. The fraction of sp³-hybridized carbons (Fsp3) is 0.463. The second-order valence-electron chi connectivity index (χ2n) is 13.8. The van der Waals surface area contributed by atoms with Gasteiger partial charge in [0.2, 0.25) is 0 Å². The van der Waals surface area contributed by atoms with Gasteiger partial charge in [-0.15, -0.1) is 0 Å². The lowest BCUT2D eigenvalue weighted by Crippen LogP contribution is -2.33. The van der Waals surface area contributed by atoms with Gasteiger partial charge in [0.05, 0.1) is 0 Å². The monoisotopic (exact) mass is 550 g/mol. The van der Waals surface area contributed by atoms with Crippen molar-refractivity contribution in [3.05, 3.63) is 130 Å². The highest BCUT2D eigenvalue weighted by atomic mass is 14.4. The molecule has 0 spiro atoms. The van der Waals surface area contributed by atoms with Crippen LogP contribution in [-0.4, -0.2) is 0 Å². The van der Waals surface area contributed by atoms with E-state index in [-0.39, 0.29) is 5.41 Å². The highest BCUT2D eigenvalue weighted by Gasteiger charge is 2.36. The molecular formula is C41H58. The SMILES string of the molecule is CC1=CCC(C)C(C)(C)C1/C=C/C(C)=C/C=C/C(C)=C/C=C/C=C(C)/C=C/C=C(C)/C=C/C1=C(C)CCCC1(C)C. The maximum atomic E-state index is 2.42. The zero-order chi connectivity index (χ0) is 30.6. The van der Waals surface area contributed by atoms with Crippen molar-refractivity contribution >= 4 is 0 Å². The quantitative estimate of drug-likeness (QED) is 0.187. The molecule has 2 rings (SSSR count). The standard InChI is InChI=1S/C41H58/c1-31(19-14-21-33(3)24-28-38-35(5)23-16-30-40(38,8)9)17-12-13-18-32(2)20-15-22-34(4)25-29-39-36(6)26-27-37(7)41(39,10)11/h12-15,17-22,24-26,28-29,37,39H,16,23,27,30H2,1-11H3/b13-12+,19-14+,20-15+,28-24+,29-25+,31-17+,32-18+,33-21+,34-22+. The number of rotatable bonds is 10. The van der Waals surface area contributed by atoms with Crippen molar-refractivity contribution < 1.29 is 0 Å². The molecule has 2 aliphatic rings. The van der Waals surface area contributed by atoms with E-state index in [9.17, 15) is 0 Å². The second-order valence-corrected chi connectivity index (χ2v) is 13.8. The third kappa shape index (κ3) is 11.1. The normalized spacial score (nSPS) is 25.1. The van der Waals surface area contributed by atoms with Gasteiger partial charge in [0.15, 0.2) is 0 Å². The molecular weight excluding hydrogens is 492 g/mol. The first-order valence-electron chi connectivity index (χ1n) is 15.7. The summed E-state index contributed by atoms with van der Waals surface area (Å²) < 4.78 is 0. The van der Waals surface area contributed by atoms with E-state index in [2.05, 4.69) is 167 Å². The van der Waals surface area contributed by atoms with Gasteiger partial charge < -0.3 is 0 Å². The summed E-state index contributed by atoms with van der Waals surface area (Å²) in [7, 11) is 0. The van der Waals surface area contributed by atoms with Gasteiger partial charge in [0.1, 0.15) is 0 Å². The molecule has 2 atom stereocenters. The number of allylic oxidation sites excluding steroid dienone is 22. The van der Waals surface area contributed by atoms with Crippen molar-refractivity contribution in [2.75, 3.05) is 0 Å². The van der Waals surface area contributed by atoms with Crippen LogP contribution in [0, 0.1) is 22.7 Å². The summed E-state index contributed by atoms with van der Waals surface area (Å²) in [6.07, 6.45) is 38.3. The molecule has 2 aliphatic carbocycles. The van der Waals surface area contributed by atoms with Crippen molar-refractivity contribution in [2.24, 2.45) is 22.7 Å². The summed E-state index contributed by atoms with van der Waals surface area (Å²) in [6.45, 7) is 25.2. The van der Waals surface area contributed by atoms with E-state index in [1.165, 1.54) is 59.1 Å². The zero-order valence-electron chi connectivity index (χ0n) is 28.1. The van der Waals surface area contributed by atoms with Gasteiger partial charge in [0.25, 0.3) is 0 Å². The highest BCUT2D eigenvalue weighted by molar-refractivity contribution is 5.37. The Balaban J connectivity index is 1.89. The molecule has 0 nitrogen and oxygen atoms in total. The first kappa shape index (κ1) is 34.3. The third-order valence-electron chi connectivity index (χ3n) is 9.23. The third-order valence-corrected chi connectivity index (χ3v) is 9.23. The second kappa shape index (κ2) is 16.0. The zero-order valence-corrected chi connectivity index (χ0v) is 28.1. The first-order valence-corrected chi connectivity index (χ1v) is 15.7. The van der Waals surface area contributed by atoms with Gasteiger partial charge in [-0.25, -0.2) is 0 Å². The fourth-order valence-electron chi connectivity index (χ4n) is 5.90. The van der Waals surface area contributed by atoms with Crippen LogP contribution in [0.25, 0.3) is 0 Å². The van der Waals surface area contributed by atoms with Gasteiger partial charge in [-0.2, -0.15) is 0 Å². The van der Waals surface area contributed by atoms with Crippen LogP contribution in [0.15, 0.2) is 130 Å². The van der Waals surface area contributed by atoms with E-state index in [4.69, 9.17) is 0 Å². The lowest BCUT2D eigenvalue weighted by atomic mass is 9.63. The highest BCUT2D eigenvalue weighted by Crippen LogP contribution is 2.45. The minimum Gasteiger partial charge on any atom is -0.0847 e. The molecule has 0 amide bonds. The summed E-state index contributed by atoms with van der Waals surface area (Å²) in [5.41, 5.74) is 10.2. The molecule has 0 saturated heterocycles. The minimum absolute atomic E-state index is 0.290. The number of hydrogen-bond acceptors (Lipinski definition) is 0. The van der Waals surface area contributed by atoms with Gasteiger partial charge in [-0.05, 0) is 89.5 Å². The van der Waals surface area contributed by atoms with Crippen LogP contribution < -0.4 is 0 Å². The molecule has 0 aromatic carbocycles. The molecule has 0 saturated carbocycles. The Morgan fingerprint density at radius 3 is 1.80 bits per heavy atom. The Bertz CT molecular complexity index is 1230. The fourth-order valence-corrected chi connectivity index (χ4v) is 5.90. The van der Waals surface area contributed by atoms with Crippen LogP contribution >= 0.6 is 0 Å². The van der Waals surface area contributed by atoms with Crippen LogP contribution in [0.2, 0.25) is 0 Å². The lowest BCUT2D eigenvalue weighted by Gasteiger charge is -2.42. The van der Waals surface area contributed by atoms with Crippen molar-refractivity contribution in [1.82, 2.24) is 0 Å². The molecule has 0 heteroatoms. The molecule has 0 aromatic rings. The van der Waals surface area contributed by atoms with E-state index in [0.717, 1.165) is 0 Å². The Morgan fingerprint density at radius 2 is 1.24 bits per heavy atom. The van der Waals surface area contributed by atoms with E-state index < -0.39 is 0 Å².